The molecule has 1 atom stereocenters. The number of nitrogens with zero attached hydrogens (tertiary/aromatic N) is 1. The first-order valence-corrected chi connectivity index (χ1v) is 8.29. The maximum Gasteiger partial charge on any atom is 0.410 e. The van der Waals surface area contributed by atoms with Gasteiger partial charge < -0.3 is 15.0 Å². The summed E-state index contributed by atoms with van der Waals surface area (Å²) in [6.07, 6.45) is 2.81. The van der Waals surface area contributed by atoms with E-state index >= 15 is 0 Å². The van der Waals surface area contributed by atoms with Gasteiger partial charge >= 0.3 is 6.09 Å². The molecule has 1 aromatic rings. The Labute approximate surface area is 139 Å². The zero-order valence-corrected chi connectivity index (χ0v) is 14.6. The first-order valence-electron chi connectivity index (χ1n) is 8.29. The Hall–Kier alpha value is -1.81. The molecule has 0 spiro atoms. The first kappa shape index (κ1) is 17.5. The van der Waals surface area contributed by atoms with E-state index in [0.29, 0.717) is 12.6 Å². The second kappa shape index (κ2) is 7.64. The van der Waals surface area contributed by atoms with E-state index < -0.39 is 5.60 Å². The molecule has 0 saturated heterocycles. The van der Waals surface area contributed by atoms with Crippen molar-refractivity contribution in [3.8, 4) is 0 Å². The highest BCUT2D eigenvalue weighted by atomic mass is 16.6. The van der Waals surface area contributed by atoms with E-state index in [9.17, 15) is 4.79 Å². The minimum atomic E-state index is -0.437. The maximum atomic E-state index is 12.0. The van der Waals surface area contributed by atoms with Crippen LogP contribution >= 0.6 is 0 Å². The number of carbonyl (C=O) groups is 1. The quantitative estimate of drug-likeness (QED) is 0.857. The topological polar surface area (TPSA) is 41.6 Å². The largest absolute Gasteiger partial charge is 0.444 e. The second-order valence-electron chi connectivity index (χ2n) is 7.05. The van der Waals surface area contributed by atoms with Crippen molar-refractivity contribution in [1.82, 2.24) is 10.2 Å². The van der Waals surface area contributed by atoms with Gasteiger partial charge in [-0.2, -0.15) is 0 Å². The van der Waals surface area contributed by atoms with Crippen LogP contribution in [0.4, 0.5) is 4.79 Å². The number of ether oxygens (including phenoxy) is 1. The Kier molecular flexibility index (Phi) is 5.83. The van der Waals surface area contributed by atoms with Gasteiger partial charge in [0.05, 0.1) is 0 Å². The monoisotopic (exact) mass is 316 g/mol. The van der Waals surface area contributed by atoms with E-state index in [2.05, 4.69) is 42.6 Å². The molecule has 1 aliphatic heterocycles. The summed E-state index contributed by atoms with van der Waals surface area (Å²) >= 11 is 0. The lowest BCUT2D eigenvalue weighted by Crippen LogP contribution is -2.40. The molecular formula is C19H28N2O2. The molecule has 23 heavy (non-hydrogen) atoms. The highest BCUT2D eigenvalue weighted by molar-refractivity contribution is 5.68. The van der Waals surface area contributed by atoms with Crippen LogP contribution in [-0.4, -0.2) is 36.2 Å². The van der Waals surface area contributed by atoms with Crippen LogP contribution in [0.1, 0.15) is 45.7 Å². The van der Waals surface area contributed by atoms with Gasteiger partial charge in [0.2, 0.25) is 0 Å². The fourth-order valence-electron chi connectivity index (χ4n) is 2.51. The van der Waals surface area contributed by atoms with E-state index in [1.807, 2.05) is 26.8 Å². The summed E-state index contributed by atoms with van der Waals surface area (Å²) in [5.41, 5.74) is 2.21. The second-order valence-corrected chi connectivity index (χ2v) is 7.05. The minimum Gasteiger partial charge on any atom is -0.444 e. The molecule has 1 aliphatic rings. The van der Waals surface area contributed by atoms with Crippen LogP contribution < -0.4 is 5.32 Å². The van der Waals surface area contributed by atoms with Crippen molar-refractivity contribution in [2.45, 2.75) is 45.8 Å². The fraction of sp³-hybridized carbons (Fsp3) is 0.526. The standard InChI is InChI=1S/C19H28N2O2/c1-15(17-8-6-5-7-9-17)20-14-16-10-12-21(13-11-16)18(22)23-19(2,3)4/h5-10,15,20H,11-14H2,1-4H3. The van der Waals surface area contributed by atoms with Crippen molar-refractivity contribution in [2.24, 2.45) is 0 Å². The lowest BCUT2D eigenvalue weighted by Gasteiger charge is -2.30. The van der Waals surface area contributed by atoms with Crippen LogP contribution in [0.25, 0.3) is 0 Å². The third-order valence-corrected chi connectivity index (χ3v) is 3.89. The normalized spacial score (nSPS) is 16.7. The molecule has 1 amide bonds. The van der Waals surface area contributed by atoms with E-state index in [-0.39, 0.29) is 6.09 Å². The Bertz CT molecular complexity index is 546. The predicted molar refractivity (Wildman–Crippen MR) is 93.4 cm³/mol. The molecule has 0 bridgehead atoms. The molecule has 0 fully saturated rings. The Balaban J connectivity index is 1.80. The van der Waals surface area contributed by atoms with Gasteiger partial charge in [0.1, 0.15) is 5.60 Å². The molecule has 1 unspecified atom stereocenters. The lowest BCUT2D eigenvalue weighted by molar-refractivity contribution is 0.0265. The van der Waals surface area contributed by atoms with E-state index in [1.165, 1.54) is 11.1 Å². The van der Waals surface area contributed by atoms with Crippen LogP contribution in [0, 0.1) is 0 Å². The van der Waals surface area contributed by atoms with Crippen LogP contribution in [0.5, 0.6) is 0 Å². The molecule has 1 heterocycles. The summed E-state index contributed by atoms with van der Waals surface area (Å²) in [6, 6.07) is 10.7. The van der Waals surface area contributed by atoms with Crippen molar-refractivity contribution < 1.29 is 9.53 Å². The Morgan fingerprint density at radius 1 is 1.30 bits per heavy atom. The molecule has 0 aliphatic carbocycles. The summed E-state index contributed by atoms with van der Waals surface area (Å²) in [5, 5.41) is 3.55. The van der Waals surface area contributed by atoms with Gasteiger partial charge in [-0.05, 0) is 39.7 Å². The van der Waals surface area contributed by atoms with Gasteiger partial charge in [0.25, 0.3) is 0 Å². The smallest absolute Gasteiger partial charge is 0.410 e. The van der Waals surface area contributed by atoms with Crippen molar-refractivity contribution in [3.63, 3.8) is 0 Å². The molecular weight excluding hydrogens is 288 g/mol. The zero-order chi connectivity index (χ0) is 16.9. The number of carbonyl (C=O) groups excluding carboxylic acids is 1. The van der Waals surface area contributed by atoms with Crippen molar-refractivity contribution in [1.29, 1.82) is 0 Å². The van der Waals surface area contributed by atoms with E-state index in [0.717, 1.165) is 19.5 Å². The van der Waals surface area contributed by atoms with Crippen molar-refractivity contribution in [2.75, 3.05) is 19.6 Å². The van der Waals surface area contributed by atoms with Gasteiger partial charge in [-0.1, -0.05) is 42.0 Å². The molecule has 4 heteroatoms. The number of amides is 1. The highest BCUT2D eigenvalue weighted by Crippen LogP contribution is 2.16. The summed E-state index contributed by atoms with van der Waals surface area (Å²) in [5.74, 6) is 0. The number of rotatable bonds is 4. The van der Waals surface area contributed by atoms with Gasteiger partial charge in [-0.25, -0.2) is 4.79 Å². The van der Waals surface area contributed by atoms with Crippen LogP contribution in [0.15, 0.2) is 42.0 Å². The van der Waals surface area contributed by atoms with Crippen LogP contribution in [0.2, 0.25) is 0 Å². The summed E-state index contributed by atoms with van der Waals surface area (Å²) in [7, 11) is 0. The van der Waals surface area contributed by atoms with Gasteiger partial charge in [0.15, 0.2) is 0 Å². The van der Waals surface area contributed by atoms with E-state index in [1.54, 1.807) is 4.90 Å². The van der Waals surface area contributed by atoms with E-state index in [4.69, 9.17) is 4.74 Å². The molecule has 126 valence electrons. The average molecular weight is 316 g/mol. The zero-order valence-electron chi connectivity index (χ0n) is 14.6. The molecule has 1 N–H and O–H groups in total. The molecule has 0 aromatic heterocycles. The van der Waals surface area contributed by atoms with Gasteiger partial charge in [0, 0.05) is 25.7 Å². The Morgan fingerprint density at radius 3 is 2.57 bits per heavy atom. The SMILES string of the molecule is CC(NCC1=CCN(C(=O)OC(C)(C)C)CC1)c1ccccc1. The first-order chi connectivity index (χ1) is 10.8. The third-order valence-electron chi connectivity index (χ3n) is 3.89. The van der Waals surface area contributed by atoms with Gasteiger partial charge in [-0.15, -0.1) is 0 Å². The molecule has 0 radical (unpaired) electrons. The number of nitrogens with one attached hydrogen (secondary N) is 1. The molecule has 1 aromatic carbocycles. The number of hydrogen-bond acceptors (Lipinski definition) is 3. The third kappa shape index (κ3) is 5.71. The maximum absolute atomic E-state index is 12.0. The number of benzene rings is 1. The molecule has 4 nitrogen and oxygen atoms in total. The molecule has 2 rings (SSSR count). The highest BCUT2D eigenvalue weighted by Gasteiger charge is 2.23. The molecule has 0 saturated carbocycles. The Morgan fingerprint density at radius 2 is 2.00 bits per heavy atom. The van der Waals surface area contributed by atoms with Crippen LogP contribution in [0.3, 0.4) is 0 Å². The average Bonchev–Trinajstić information content (AvgIpc) is 2.52. The summed E-state index contributed by atoms with van der Waals surface area (Å²) in [4.78, 5) is 13.8. The predicted octanol–water partition coefficient (Wildman–Crippen LogP) is 3.90. The van der Waals surface area contributed by atoms with Crippen molar-refractivity contribution in [3.05, 3.63) is 47.5 Å². The summed E-state index contributed by atoms with van der Waals surface area (Å²) < 4.78 is 5.41. The van der Waals surface area contributed by atoms with Crippen molar-refractivity contribution >= 4 is 6.09 Å². The summed E-state index contributed by atoms with van der Waals surface area (Å²) in [6.45, 7) is 10.1. The van der Waals surface area contributed by atoms with Crippen LogP contribution in [-0.2, 0) is 4.74 Å². The van der Waals surface area contributed by atoms with Gasteiger partial charge in [-0.3, -0.25) is 0 Å². The number of hydrogen-bond donors (Lipinski definition) is 1. The lowest BCUT2D eigenvalue weighted by atomic mass is 10.1. The fourth-order valence-corrected chi connectivity index (χ4v) is 2.51. The minimum absolute atomic E-state index is 0.224.